The molecule has 0 bridgehead atoms. The van der Waals surface area contributed by atoms with Crippen molar-refractivity contribution in [2.45, 2.75) is 6.92 Å². The molecular formula is C12H15N3O3S2. The number of fused-ring (bicyclic) bond motifs is 1. The number of aryl methyl sites for hydroxylation is 1. The van der Waals surface area contributed by atoms with Gasteiger partial charge in [-0.05, 0) is 19.1 Å². The van der Waals surface area contributed by atoms with Crippen molar-refractivity contribution in [2.75, 3.05) is 18.0 Å². The third-order valence-electron chi connectivity index (χ3n) is 2.76. The van der Waals surface area contributed by atoms with Gasteiger partial charge in [0.2, 0.25) is 10.0 Å². The van der Waals surface area contributed by atoms with Crippen LogP contribution in [-0.2, 0) is 10.0 Å². The Hall–Kier alpha value is -1.64. The van der Waals surface area contributed by atoms with Gasteiger partial charge in [-0.25, -0.2) is 13.6 Å². The van der Waals surface area contributed by atoms with Crippen LogP contribution >= 0.6 is 11.3 Å². The summed E-state index contributed by atoms with van der Waals surface area (Å²) in [6.45, 7) is 1.91. The largest absolute Gasteiger partial charge is 0.397 e. The van der Waals surface area contributed by atoms with Gasteiger partial charge >= 0.3 is 0 Å². The van der Waals surface area contributed by atoms with Gasteiger partial charge in [-0.3, -0.25) is 4.79 Å². The summed E-state index contributed by atoms with van der Waals surface area (Å²) in [6.07, 6.45) is 0. The minimum atomic E-state index is -3.58. The van der Waals surface area contributed by atoms with Crippen LogP contribution in [0.25, 0.3) is 10.1 Å². The normalized spacial score (nSPS) is 11.7. The zero-order chi connectivity index (χ0) is 14.9. The number of hydrogen-bond acceptors (Lipinski definition) is 5. The molecule has 5 N–H and O–H groups in total. The van der Waals surface area contributed by atoms with Gasteiger partial charge < -0.3 is 11.1 Å². The minimum Gasteiger partial charge on any atom is -0.397 e. The molecule has 1 amide bonds. The highest BCUT2D eigenvalue weighted by atomic mass is 32.2. The van der Waals surface area contributed by atoms with Crippen LogP contribution < -0.4 is 16.2 Å². The second-order valence-electron chi connectivity index (χ2n) is 4.47. The fourth-order valence-electron chi connectivity index (χ4n) is 1.79. The van der Waals surface area contributed by atoms with Crippen molar-refractivity contribution in [3.8, 4) is 0 Å². The molecule has 0 spiro atoms. The first-order valence-corrected chi connectivity index (χ1v) is 8.38. The third-order valence-corrected chi connectivity index (χ3v) is 4.72. The van der Waals surface area contributed by atoms with E-state index in [2.05, 4.69) is 5.32 Å². The van der Waals surface area contributed by atoms with Crippen LogP contribution in [0.2, 0.25) is 0 Å². The van der Waals surface area contributed by atoms with E-state index < -0.39 is 10.0 Å². The summed E-state index contributed by atoms with van der Waals surface area (Å²) in [5.74, 6) is -0.687. The number of carbonyl (C=O) groups excluding carboxylic acids is 1. The molecule has 0 aliphatic heterocycles. The molecule has 8 heteroatoms. The van der Waals surface area contributed by atoms with E-state index in [0.717, 1.165) is 15.6 Å². The first-order chi connectivity index (χ1) is 9.28. The number of carbonyl (C=O) groups is 1. The van der Waals surface area contributed by atoms with Crippen LogP contribution in [-0.4, -0.2) is 26.6 Å². The van der Waals surface area contributed by atoms with Crippen molar-refractivity contribution in [2.24, 2.45) is 5.14 Å². The van der Waals surface area contributed by atoms with E-state index in [1.807, 2.05) is 25.1 Å². The maximum atomic E-state index is 12.0. The SMILES string of the molecule is Cc1ccc2sc(C(=O)NCCS(N)(=O)=O)c(N)c2c1. The van der Waals surface area contributed by atoms with Crippen LogP contribution in [0.1, 0.15) is 15.2 Å². The molecule has 0 atom stereocenters. The highest BCUT2D eigenvalue weighted by molar-refractivity contribution is 7.89. The fourth-order valence-corrected chi connectivity index (χ4v) is 3.19. The topological polar surface area (TPSA) is 115 Å². The number of thiophene rings is 1. The average Bonchev–Trinajstić information content (AvgIpc) is 2.65. The van der Waals surface area contributed by atoms with Crippen molar-refractivity contribution in [1.29, 1.82) is 0 Å². The predicted octanol–water partition coefficient (Wildman–Crippen LogP) is 0.810. The lowest BCUT2D eigenvalue weighted by atomic mass is 10.1. The lowest BCUT2D eigenvalue weighted by Crippen LogP contribution is -2.31. The van der Waals surface area contributed by atoms with Crippen LogP contribution in [0.15, 0.2) is 18.2 Å². The molecule has 0 radical (unpaired) electrons. The molecule has 2 aromatic rings. The molecule has 0 aliphatic rings. The number of hydrogen-bond donors (Lipinski definition) is 3. The van der Waals surface area contributed by atoms with Gasteiger partial charge in [0.15, 0.2) is 0 Å². The van der Waals surface area contributed by atoms with Crippen LogP contribution in [0.4, 0.5) is 5.69 Å². The molecule has 0 unspecified atom stereocenters. The van der Waals surface area contributed by atoms with E-state index in [9.17, 15) is 13.2 Å². The smallest absolute Gasteiger partial charge is 0.263 e. The number of amides is 1. The monoisotopic (exact) mass is 313 g/mol. The van der Waals surface area contributed by atoms with E-state index >= 15 is 0 Å². The highest BCUT2D eigenvalue weighted by Crippen LogP contribution is 2.34. The van der Waals surface area contributed by atoms with Gasteiger partial charge in [0.1, 0.15) is 4.88 Å². The lowest BCUT2D eigenvalue weighted by Gasteiger charge is -2.03. The minimum absolute atomic E-state index is 0.0373. The van der Waals surface area contributed by atoms with E-state index in [1.54, 1.807) is 0 Å². The van der Waals surface area contributed by atoms with Gasteiger partial charge in [-0.1, -0.05) is 11.6 Å². The summed E-state index contributed by atoms with van der Waals surface area (Å²) in [5, 5.41) is 8.21. The number of sulfonamides is 1. The first kappa shape index (κ1) is 14.8. The lowest BCUT2D eigenvalue weighted by molar-refractivity contribution is 0.0961. The summed E-state index contributed by atoms with van der Waals surface area (Å²) in [5.41, 5.74) is 7.45. The van der Waals surface area contributed by atoms with Crippen molar-refractivity contribution in [1.82, 2.24) is 5.32 Å². The summed E-state index contributed by atoms with van der Waals surface area (Å²) in [4.78, 5) is 12.4. The summed E-state index contributed by atoms with van der Waals surface area (Å²) in [6, 6.07) is 5.77. The van der Waals surface area contributed by atoms with Crippen molar-refractivity contribution in [3.63, 3.8) is 0 Å². The Labute approximate surface area is 120 Å². The number of nitrogen functional groups attached to an aromatic ring is 1. The maximum Gasteiger partial charge on any atom is 0.263 e. The summed E-state index contributed by atoms with van der Waals surface area (Å²) >= 11 is 1.28. The maximum absolute atomic E-state index is 12.0. The Morgan fingerprint density at radius 2 is 2.10 bits per heavy atom. The number of anilines is 1. The molecule has 6 nitrogen and oxygen atoms in total. The standard InChI is InChI=1S/C12H15N3O3S2/c1-7-2-3-9-8(6-7)10(13)11(19-9)12(16)15-4-5-20(14,17)18/h2-3,6H,4-5,13H2,1H3,(H,15,16)(H2,14,17,18). The Bertz CT molecular complexity index is 766. The molecule has 0 saturated carbocycles. The second-order valence-corrected chi connectivity index (χ2v) is 7.25. The Kier molecular flexibility index (Phi) is 3.98. The van der Waals surface area contributed by atoms with Crippen molar-refractivity contribution >= 4 is 43.0 Å². The zero-order valence-electron chi connectivity index (χ0n) is 10.8. The number of benzene rings is 1. The van der Waals surface area contributed by atoms with Gasteiger partial charge in [0.25, 0.3) is 5.91 Å². The molecule has 108 valence electrons. The van der Waals surface area contributed by atoms with Crippen LogP contribution in [0.3, 0.4) is 0 Å². The van der Waals surface area contributed by atoms with Gasteiger partial charge in [0.05, 0.1) is 11.4 Å². The zero-order valence-corrected chi connectivity index (χ0v) is 12.5. The molecule has 1 aromatic heterocycles. The highest BCUT2D eigenvalue weighted by Gasteiger charge is 2.16. The average molecular weight is 313 g/mol. The van der Waals surface area contributed by atoms with Crippen molar-refractivity contribution in [3.05, 3.63) is 28.6 Å². The third kappa shape index (κ3) is 3.27. The molecule has 1 aromatic carbocycles. The molecule has 0 saturated heterocycles. The predicted molar refractivity (Wildman–Crippen MR) is 81.3 cm³/mol. The number of nitrogens with two attached hydrogens (primary N) is 2. The van der Waals surface area contributed by atoms with Gasteiger partial charge in [-0.15, -0.1) is 11.3 Å². The Balaban J connectivity index is 2.20. The summed E-state index contributed by atoms with van der Waals surface area (Å²) in [7, 11) is -3.58. The van der Waals surface area contributed by atoms with Crippen LogP contribution in [0.5, 0.6) is 0 Å². The van der Waals surface area contributed by atoms with Gasteiger partial charge in [0, 0.05) is 16.6 Å². The van der Waals surface area contributed by atoms with Crippen molar-refractivity contribution < 1.29 is 13.2 Å². The molecule has 1 heterocycles. The quantitative estimate of drug-likeness (QED) is 0.774. The van der Waals surface area contributed by atoms with Crippen LogP contribution in [0, 0.1) is 6.92 Å². The first-order valence-electron chi connectivity index (χ1n) is 5.85. The van der Waals surface area contributed by atoms with E-state index in [1.165, 1.54) is 11.3 Å². The number of rotatable bonds is 4. The fraction of sp³-hybridized carbons (Fsp3) is 0.250. The molecule has 2 rings (SSSR count). The number of nitrogens with one attached hydrogen (secondary N) is 1. The molecule has 20 heavy (non-hydrogen) atoms. The second kappa shape index (κ2) is 5.39. The Morgan fingerprint density at radius 1 is 1.40 bits per heavy atom. The molecular weight excluding hydrogens is 298 g/mol. The van der Waals surface area contributed by atoms with E-state index in [-0.39, 0.29) is 18.2 Å². The van der Waals surface area contributed by atoms with E-state index in [4.69, 9.17) is 10.9 Å². The van der Waals surface area contributed by atoms with Gasteiger partial charge in [-0.2, -0.15) is 0 Å². The van der Waals surface area contributed by atoms with E-state index in [0.29, 0.717) is 10.6 Å². The number of primary sulfonamides is 1. The molecule has 0 aliphatic carbocycles. The Morgan fingerprint density at radius 3 is 2.75 bits per heavy atom. The summed E-state index contributed by atoms with van der Waals surface area (Å²) < 4.78 is 22.5. The molecule has 0 fully saturated rings.